The van der Waals surface area contributed by atoms with Gasteiger partial charge in [-0.2, -0.15) is 0 Å². The zero-order chi connectivity index (χ0) is 15.1. The average Bonchev–Trinajstić information content (AvgIpc) is 2.42. The van der Waals surface area contributed by atoms with Crippen LogP contribution in [0.2, 0.25) is 0 Å². The molecule has 5 N–H and O–H groups in total. The standard InChI is InChI=1S/C13H22N2O5/c14-10(5-6-11(16)17)12(18)15-7-8-3-1-2-4-9(8)13(19)20/h8-10H,1-7,14H2,(H,15,18)(H,16,17)(H,19,20). The van der Waals surface area contributed by atoms with E-state index in [1.54, 1.807) is 0 Å². The number of carbonyl (C=O) groups is 3. The number of nitrogens with one attached hydrogen (secondary N) is 1. The fourth-order valence-electron chi connectivity index (χ4n) is 2.55. The third kappa shape index (κ3) is 5.16. The summed E-state index contributed by atoms with van der Waals surface area (Å²) >= 11 is 0. The van der Waals surface area contributed by atoms with Gasteiger partial charge in [0.2, 0.25) is 5.91 Å². The summed E-state index contributed by atoms with van der Waals surface area (Å²) in [6, 6.07) is -0.863. The van der Waals surface area contributed by atoms with Crippen LogP contribution in [0.1, 0.15) is 38.5 Å². The minimum Gasteiger partial charge on any atom is -0.481 e. The van der Waals surface area contributed by atoms with Gasteiger partial charge in [0.05, 0.1) is 12.0 Å². The molecule has 0 bridgehead atoms. The Labute approximate surface area is 117 Å². The molecule has 0 aromatic carbocycles. The van der Waals surface area contributed by atoms with Crippen molar-refractivity contribution >= 4 is 17.8 Å². The maximum Gasteiger partial charge on any atom is 0.306 e. The molecule has 1 saturated carbocycles. The zero-order valence-corrected chi connectivity index (χ0v) is 11.4. The lowest BCUT2D eigenvalue weighted by Crippen LogP contribution is -2.44. The predicted octanol–water partition coefficient (Wildman–Crippen LogP) is 0.186. The van der Waals surface area contributed by atoms with Gasteiger partial charge in [0, 0.05) is 13.0 Å². The van der Waals surface area contributed by atoms with Crippen LogP contribution in [0.15, 0.2) is 0 Å². The van der Waals surface area contributed by atoms with Crippen molar-refractivity contribution in [3.05, 3.63) is 0 Å². The topological polar surface area (TPSA) is 130 Å². The monoisotopic (exact) mass is 286 g/mol. The fraction of sp³-hybridized carbons (Fsp3) is 0.769. The molecule has 1 aliphatic rings. The van der Waals surface area contributed by atoms with Crippen molar-refractivity contribution in [2.45, 2.75) is 44.6 Å². The largest absolute Gasteiger partial charge is 0.481 e. The van der Waals surface area contributed by atoms with Gasteiger partial charge in [0.1, 0.15) is 0 Å². The van der Waals surface area contributed by atoms with E-state index in [-0.39, 0.29) is 25.3 Å². The highest BCUT2D eigenvalue weighted by Crippen LogP contribution is 2.29. The van der Waals surface area contributed by atoms with Crippen LogP contribution in [-0.2, 0) is 14.4 Å². The Kier molecular flexibility index (Phi) is 6.44. The first-order valence-electron chi connectivity index (χ1n) is 6.89. The van der Waals surface area contributed by atoms with Crippen molar-refractivity contribution in [1.82, 2.24) is 5.32 Å². The molecule has 7 nitrogen and oxygen atoms in total. The maximum atomic E-state index is 11.7. The summed E-state index contributed by atoms with van der Waals surface area (Å²) in [5.41, 5.74) is 5.58. The van der Waals surface area contributed by atoms with Crippen LogP contribution in [0.5, 0.6) is 0 Å². The van der Waals surface area contributed by atoms with E-state index in [2.05, 4.69) is 5.32 Å². The normalized spacial score (nSPS) is 23.9. The van der Waals surface area contributed by atoms with Gasteiger partial charge in [0.25, 0.3) is 0 Å². The van der Waals surface area contributed by atoms with Crippen LogP contribution in [0, 0.1) is 11.8 Å². The van der Waals surface area contributed by atoms with Gasteiger partial charge in [-0.05, 0) is 25.2 Å². The number of carboxylic acids is 2. The van der Waals surface area contributed by atoms with Gasteiger partial charge in [0.15, 0.2) is 0 Å². The molecule has 1 rings (SSSR count). The van der Waals surface area contributed by atoms with Crippen molar-refractivity contribution < 1.29 is 24.6 Å². The van der Waals surface area contributed by atoms with E-state index in [1.807, 2.05) is 0 Å². The molecule has 0 saturated heterocycles. The number of aliphatic carboxylic acids is 2. The van der Waals surface area contributed by atoms with E-state index in [1.165, 1.54) is 0 Å². The second kappa shape index (κ2) is 7.84. The first-order chi connectivity index (χ1) is 9.41. The lowest BCUT2D eigenvalue weighted by atomic mass is 9.79. The highest BCUT2D eigenvalue weighted by atomic mass is 16.4. The lowest BCUT2D eigenvalue weighted by molar-refractivity contribution is -0.145. The Morgan fingerprint density at radius 1 is 1.20 bits per heavy atom. The van der Waals surface area contributed by atoms with Crippen molar-refractivity contribution in [2.75, 3.05) is 6.54 Å². The molecule has 0 radical (unpaired) electrons. The average molecular weight is 286 g/mol. The molecule has 0 aromatic heterocycles. The molecule has 3 atom stereocenters. The lowest BCUT2D eigenvalue weighted by Gasteiger charge is -2.28. The van der Waals surface area contributed by atoms with Gasteiger partial charge in [-0.15, -0.1) is 0 Å². The van der Waals surface area contributed by atoms with Crippen molar-refractivity contribution in [3.8, 4) is 0 Å². The van der Waals surface area contributed by atoms with Crippen molar-refractivity contribution in [1.29, 1.82) is 0 Å². The molecule has 1 aliphatic carbocycles. The molecule has 1 amide bonds. The molecule has 1 fully saturated rings. The first-order valence-corrected chi connectivity index (χ1v) is 6.89. The predicted molar refractivity (Wildman–Crippen MR) is 70.9 cm³/mol. The number of amides is 1. The summed E-state index contributed by atoms with van der Waals surface area (Å²) in [6.45, 7) is 0.288. The van der Waals surface area contributed by atoms with E-state index >= 15 is 0 Å². The second-order valence-electron chi connectivity index (χ2n) is 5.27. The minimum absolute atomic E-state index is 0.0723. The number of hydrogen-bond acceptors (Lipinski definition) is 4. The quantitative estimate of drug-likeness (QED) is 0.528. The van der Waals surface area contributed by atoms with Gasteiger partial charge in [-0.3, -0.25) is 14.4 Å². The van der Waals surface area contributed by atoms with Gasteiger partial charge < -0.3 is 21.3 Å². The van der Waals surface area contributed by atoms with Crippen molar-refractivity contribution in [3.63, 3.8) is 0 Å². The fourth-order valence-corrected chi connectivity index (χ4v) is 2.55. The summed E-state index contributed by atoms with van der Waals surface area (Å²) < 4.78 is 0. The summed E-state index contributed by atoms with van der Waals surface area (Å²) in [7, 11) is 0. The van der Waals surface area contributed by atoms with E-state index in [0.29, 0.717) is 6.42 Å². The molecule has 0 aromatic rings. The van der Waals surface area contributed by atoms with E-state index in [0.717, 1.165) is 19.3 Å². The Balaban J connectivity index is 2.38. The number of carboxylic acid groups (broad SMARTS) is 2. The second-order valence-corrected chi connectivity index (χ2v) is 5.27. The molecule has 0 spiro atoms. The molecule has 7 heteroatoms. The third-order valence-electron chi connectivity index (χ3n) is 3.77. The molecule has 114 valence electrons. The first kappa shape index (κ1) is 16.4. The van der Waals surface area contributed by atoms with E-state index < -0.39 is 29.8 Å². The van der Waals surface area contributed by atoms with Crippen LogP contribution in [0.25, 0.3) is 0 Å². The highest BCUT2D eigenvalue weighted by Gasteiger charge is 2.31. The molecular formula is C13H22N2O5. The summed E-state index contributed by atoms with van der Waals surface area (Å²) in [6.07, 6.45) is 3.21. The van der Waals surface area contributed by atoms with Gasteiger partial charge in [-0.25, -0.2) is 0 Å². The maximum absolute atomic E-state index is 11.7. The number of rotatable bonds is 7. The third-order valence-corrected chi connectivity index (χ3v) is 3.77. The number of nitrogens with two attached hydrogens (primary N) is 1. The molecule has 0 heterocycles. The SMILES string of the molecule is NC(CCC(=O)O)C(=O)NCC1CCCCC1C(=O)O. The molecule has 0 aliphatic heterocycles. The molecular weight excluding hydrogens is 264 g/mol. The number of hydrogen-bond donors (Lipinski definition) is 4. The zero-order valence-electron chi connectivity index (χ0n) is 11.4. The highest BCUT2D eigenvalue weighted by molar-refractivity contribution is 5.82. The molecule has 20 heavy (non-hydrogen) atoms. The number of carbonyl (C=O) groups excluding carboxylic acids is 1. The summed E-state index contributed by atoms with van der Waals surface area (Å²) in [4.78, 5) is 33.2. The van der Waals surface area contributed by atoms with Crippen LogP contribution in [-0.4, -0.2) is 40.6 Å². The van der Waals surface area contributed by atoms with E-state index in [9.17, 15) is 14.4 Å². The molecule has 3 unspecified atom stereocenters. The van der Waals surface area contributed by atoms with Crippen LogP contribution >= 0.6 is 0 Å². The van der Waals surface area contributed by atoms with Crippen molar-refractivity contribution in [2.24, 2.45) is 17.6 Å². The smallest absolute Gasteiger partial charge is 0.306 e. The Hall–Kier alpha value is -1.63. The van der Waals surface area contributed by atoms with Crippen LogP contribution in [0.3, 0.4) is 0 Å². The Bertz CT molecular complexity index is 372. The van der Waals surface area contributed by atoms with E-state index in [4.69, 9.17) is 15.9 Å². The summed E-state index contributed by atoms with van der Waals surface area (Å²) in [5.74, 6) is -2.72. The van der Waals surface area contributed by atoms with Gasteiger partial charge >= 0.3 is 11.9 Å². The Morgan fingerprint density at radius 3 is 2.45 bits per heavy atom. The summed E-state index contributed by atoms with van der Waals surface area (Å²) in [5, 5.41) is 20.3. The Morgan fingerprint density at radius 2 is 1.85 bits per heavy atom. The minimum atomic E-state index is -0.994. The van der Waals surface area contributed by atoms with Crippen LogP contribution < -0.4 is 11.1 Å². The van der Waals surface area contributed by atoms with Gasteiger partial charge in [-0.1, -0.05) is 12.8 Å². The van der Waals surface area contributed by atoms with Crippen LogP contribution in [0.4, 0.5) is 0 Å².